The van der Waals surface area contributed by atoms with Crippen LogP contribution >= 0.6 is 0 Å². The van der Waals surface area contributed by atoms with Gasteiger partial charge in [-0.05, 0) is 47.7 Å². The Morgan fingerprint density at radius 1 is 0.929 bits per heavy atom. The molecule has 3 aromatic heterocycles. The maximum atomic E-state index is 4.57. The predicted molar refractivity (Wildman–Crippen MR) is 114 cm³/mol. The molecule has 0 saturated heterocycles. The lowest BCUT2D eigenvalue weighted by Crippen LogP contribution is -2.07. The SMILES string of the molecule is c1ccc2c(CCNc3ccnc(Nc4ccc5cc[nH]c5c4)n3)c[nH]c2c1. The van der Waals surface area contributed by atoms with Crippen molar-refractivity contribution < 1.29 is 0 Å². The molecule has 5 rings (SSSR count). The summed E-state index contributed by atoms with van der Waals surface area (Å²) in [6.07, 6.45) is 6.69. The van der Waals surface area contributed by atoms with Crippen molar-refractivity contribution in [2.45, 2.75) is 6.42 Å². The Kier molecular flexibility index (Phi) is 4.14. The van der Waals surface area contributed by atoms with Gasteiger partial charge >= 0.3 is 0 Å². The summed E-state index contributed by atoms with van der Waals surface area (Å²) < 4.78 is 0. The zero-order chi connectivity index (χ0) is 18.8. The van der Waals surface area contributed by atoms with E-state index in [1.54, 1.807) is 6.20 Å². The molecule has 0 aliphatic heterocycles. The van der Waals surface area contributed by atoms with E-state index in [1.165, 1.54) is 21.9 Å². The van der Waals surface area contributed by atoms with Crippen molar-refractivity contribution in [1.82, 2.24) is 19.9 Å². The number of aromatic amines is 2. The van der Waals surface area contributed by atoms with Gasteiger partial charge < -0.3 is 20.6 Å². The van der Waals surface area contributed by atoms with Crippen molar-refractivity contribution in [3.63, 3.8) is 0 Å². The van der Waals surface area contributed by atoms with Crippen LogP contribution in [0.15, 0.2) is 73.2 Å². The Balaban J connectivity index is 1.25. The topological polar surface area (TPSA) is 81.4 Å². The summed E-state index contributed by atoms with van der Waals surface area (Å²) in [5, 5.41) is 9.11. The van der Waals surface area contributed by atoms with Crippen LogP contribution in [0.5, 0.6) is 0 Å². The molecule has 0 saturated carbocycles. The maximum absolute atomic E-state index is 4.57. The monoisotopic (exact) mass is 368 g/mol. The summed E-state index contributed by atoms with van der Waals surface area (Å²) in [7, 11) is 0. The Bertz CT molecular complexity index is 1240. The largest absolute Gasteiger partial charge is 0.370 e. The van der Waals surface area contributed by atoms with Gasteiger partial charge in [0.15, 0.2) is 0 Å². The van der Waals surface area contributed by atoms with Crippen LogP contribution in [0.1, 0.15) is 5.56 Å². The fraction of sp³-hybridized carbons (Fsp3) is 0.0909. The van der Waals surface area contributed by atoms with Gasteiger partial charge in [0.25, 0.3) is 0 Å². The van der Waals surface area contributed by atoms with Crippen LogP contribution in [0.4, 0.5) is 17.5 Å². The third-order valence-electron chi connectivity index (χ3n) is 4.84. The second-order valence-electron chi connectivity index (χ2n) is 6.71. The van der Waals surface area contributed by atoms with Crippen LogP contribution in [0.3, 0.4) is 0 Å². The average Bonchev–Trinajstić information content (AvgIpc) is 3.35. The molecule has 2 aromatic carbocycles. The summed E-state index contributed by atoms with van der Waals surface area (Å²) in [5.74, 6) is 1.38. The molecule has 6 nitrogen and oxygen atoms in total. The second kappa shape index (κ2) is 7.08. The highest BCUT2D eigenvalue weighted by molar-refractivity contribution is 5.84. The number of hydrogen-bond acceptors (Lipinski definition) is 4. The molecule has 4 N–H and O–H groups in total. The van der Waals surface area contributed by atoms with Crippen LogP contribution in [0, 0.1) is 0 Å². The van der Waals surface area contributed by atoms with Crippen LogP contribution in [-0.4, -0.2) is 26.5 Å². The molecule has 0 fully saturated rings. The highest BCUT2D eigenvalue weighted by Gasteiger charge is 2.04. The molecule has 6 heteroatoms. The summed E-state index contributed by atoms with van der Waals surface area (Å²) in [4.78, 5) is 15.4. The van der Waals surface area contributed by atoms with Gasteiger partial charge in [0.2, 0.25) is 5.95 Å². The van der Waals surface area contributed by atoms with E-state index < -0.39 is 0 Å². The molecular weight excluding hydrogens is 348 g/mol. The van der Waals surface area contributed by atoms with Gasteiger partial charge in [-0.1, -0.05) is 24.3 Å². The molecular formula is C22H20N6. The third kappa shape index (κ3) is 3.27. The van der Waals surface area contributed by atoms with Crippen molar-refractivity contribution >= 4 is 39.3 Å². The van der Waals surface area contributed by atoms with Crippen molar-refractivity contribution in [3.05, 3.63) is 78.8 Å². The number of nitrogens with one attached hydrogen (secondary N) is 4. The van der Waals surface area contributed by atoms with E-state index in [1.807, 2.05) is 30.5 Å². The number of benzene rings is 2. The third-order valence-corrected chi connectivity index (χ3v) is 4.84. The zero-order valence-corrected chi connectivity index (χ0v) is 15.2. The molecule has 3 heterocycles. The lowest BCUT2D eigenvalue weighted by Gasteiger charge is -2.08. The minimum Gasteiger partial charge on any atom is -0.370 e. The first kappa shape index (κ1) is 16.4. The Hall–Kier alpha value is -3.80. The van der Waals surface area contributed by atoms with Gasteiger partial charge in [0, 0.05) is 47.2 Å². The molecule has 0 bridgehead atoms. The molecule has 0 spiro atoms. The summed E-state index contributed by atoms with van der Waals surface area (Å²) in [5.41, 5.74) is 4.50. The zero-order valence-electron chi connectivity index (χ0n) is 15.2. The summed E-state index contributed by atoms with van der Waals surface area (Å²) in [6, 6.07) is 18.4. The van der Waals surface area contributed by atoms with Crippen LogP contribution in [-0.2, 0) is 6.42 Å². The highest BCUT2D eigenvalue weighted by atomic mass is 15.1. The number of H-pyrrole nitrogens is 2. The Morgan fingerprint density at radius 2 is 1.89 bits per heavy atom. The number of rotatable bonds is 6. The van der Waals surface area contributed by atoms with Crippen LogP contribution in [0.25, 0.3) is 21.8 Å². The van der Waals surface area contributed by atoms with E-state index >= 15 is 0 Å². The fourth-order valence-corrected chi connectivity index (χ4v) is 3.44. The lowest BCUT2D eigenvalue weighted by atomic mass is 10.1. The van der Waals surface area contributed by atoms with E-state index in [0.717, 1.165) is 30.0 Å². The van der Waals surface area contributed by atoms with Gasteiger partial charge in [0.05, 0.1) is 0 Å². The van der Waals surface area contributed by atoms with Gasteiger partial charge in [-0.3, -0.25) is 0 Å². The van der Waals surface area contributed by atoms with Crippen LogP contribution < -0.4 is 10.6 Å². The van der Waals surface area contributed by atoms with Crippen molar-refractivity contribution in [2.75, 3.05) is 17.2 Å². The predicted octanol–water partition coefficient (Wildman–Crippen LogP) is 4.84. The van der Waals surface area contributed by atoms with E-state index in [4.69, 9.17) is 0 Å². The normalized spacial score (nSPS) is 11.1. The number of para-hydroxylation sites is 1. The van der Waals surface area contributed by atoms with Gasteiger partial charge in [-0.2, -0.15) is 4.98 Å². The number of aromatic nitrogens is 4. The average molecular weight is 368 g/mol. The summed E-state index contributed by atoms with van der Waals surface area (Å²) >= 11 is 0. The number of nitrogens with zero attached hydrogens (tertiary/aromatic N) is 2. The van der Waals surface area contributed by atoms with E-state index in [9.17, 15) is 0 Å². The Morgan fingerprint density at radius 3 is 2.89 bits per heavy atom. The quantitative estimate of drug-likeness (QED) is 0.346. The standard InChI is InChI=1S/C22H20N6/c1-2-4-19-18(3-1)16(14-26-19)8-11-24-21-9-12-25-22(28-21)27-17-6-5-15-7-10-23-20(15)13-17/h1-7,9-10,12-14,23,26H,8,11H2,(H2,24,25,27,28). The number of hydrogen-bond donors (Lipinski definition) is 4. The molecule has 0 aliphatic rings. The fourth-order valence-electron chi connectivity index (χ4n) is 3.44. The lowest BCUT2D eigenvalue weighted by molar-refractivity contribution is 1.01. The highest BCUT2D eigenvalue weighted by Crippen LogP contribution is 2.21. The van der Waals surface area contributed by atoms with E-state index in [2.05, 4.69) is 67.1 Å². The van der Waals surface area contributed by atoms with Gasteiger partial charge in [-0.25, -0.2) is 4.98 Å². The number of anilines is 3. The molecule has 5 aromatic rings. The van der Waals surface area contributed by atoms with E-state index in [-0.39, 0.29) is 0 Å². The first-order valence-electron chi connectivity index (χ1n) is 9.31. The number of fused-ring (bicyclic) bond motifs is 2. The minimum absolute atomic E-state index is 0.572. The Labute approximate surface area is 162 Å². The van der Waals surface area contributed by atoms with Crippen molar-refractivity contribution in [2.24, 2.45) is 0 Å². The van der Waals surface area contributed by atoms with Gasteiger partial charge in [0.1, 0.15) is 5.82 Å². The summed E-state index contributed by atoms with van der Waals surface area (Å²) in [6.45, 7) is 0.798. The maximum Gasteiger partial charge on any atom is 0.229 e. The second-order valence-corrected chi connectivity index (χ2v) is 6.71. The molecule has 0 amide bonds. The van der Waals surface area contributed by atoms with Crippen LogP contribution in [0.2, 0.25) is 0 Å². The van der Waals surface area contributed by atoms with Crippen molar-refractivity contribution in [1.29, 1.82) is 0 Å². The first-order valence-corrected chi connectivity index (χ1v) is 9.31. The molecule has 0 atom stereocenters. The molecule has 0 unspecified atom stereocenters. The molecule has 0 radical (unpaired) electrons. The molecule has 0 aliphatic carbocycles. The minimum atomic E-state index is 0.572. The van der Waals surface area contributed by atoms with E-state index in [0.29, 0.717) is 5.95 Å². The molecule has 28 heavy (non-hydrogen) atoms. The first-order chi connectivity index (χ1) is 13.8. The van der Waals surface area contributed by atoms with Gasteiger partial charge in [-0.15, -0.1) is 0 Å². The smallest absolute Gasteiger partial charge is 0.229 e. The molecule has 138 valence electrons. The van der Waals surface area contributed by atoms with Crippen molar-refractivity contribution in [3.8, 4) is 0 Å².